The van der Waals surface area contributed by atoms with E-state index >= 15 is 0 Å². The Morgan fingerprint density at radius 1 is 1.43 bits per heavy atom. The molecule has 1 saturated heterocycles. The van der Waals surface area contributed by atoms with Gasteiger partial charge in [-0.3, -0.25) is 10.1 Å². The molecular weight excluding hydrogens is 272 g/mol. The monoisotopic (exact) mass is 288 g/mol. The molecule has 0 bridgehead atoms. The molecule has 1 fully saturated rings. The highest BCUT2D eigenvalue weighted by molar-refractivity contribution is 5.67. The van der Waals surface area contributed by atoms with Crippen LogP contribution in [0.4, 0.5) is 5.69 Å². The summed E-state index contributed by atoms with van der Waals surface area (Å²) in [5, 5.41) is 18.3. The fourth-order valence-electron chi connectivity index (χ4n) is 2.61. The number of aromatic nitrogens is 2. The van der Waals surface area contributed by atoms with Crippen molar-refractivity contribution < 1.29 is 9.45 Å². The predicted octanol–water partition coefficient (Wildman–Crippen LogP) is 2.19. The summed E-state index contributed by atoms with van der Waals surface area (Å²) in [4.78, 5) is 14.9. The van der Waals surface area contributed by atoms with E-state index in [0.717, 1.165) is 25.9 Å². The van der Waals surface area contributed by atoms with Gasteiger partial charge >= 0.3 is 0 Å². The first kappa shape index (κ1) is 13.7. The zero-order chi connectivity index (χ0) is 14.7. The molecule has 0 amide bonds. The maximum atomic E-state index is 11.0. The third-order valence-electron chi connectivity index (χ3n) is 3.67. The van der Waals surface area contributed by atoms with Gasteiger partial charge in [0.1, 0.15) is 5.56 Å². The number of nitrogens with one attached hydrogen (secondary N) is 1. The molecule has 0 spiro atoms. The van der Waals surface area contributed by atoms with Gasteiger partial charge in [0, 0.05) is 12.5 Å². The van der Waals surface area contributed by atoms with E-state index in [1.54, 1.807) is 18.2 Å². The number of nitro groups is 1. The van der Waals surface area contributed by atoms with Crippen LogP contribution in [0.5, 0.6) is 0 Å². The number of rotatable bonds is 4. The van der Waals surface area contributed by atoms with Crippen LogP contribution in [0.15, 0.2) is 28.8 Å². The first-order valence-electron chi connectivity index (χ1n) is 7.01. The first-order chi connectivity index (χ1) is 10.2. The Balaban J connectivity index is 1.80. The average Bonchev–Trinajstić information content (AvgIpc) is 2.96. The van der Waals surface area contributed by atoms with Crippen molar-refractivity contribution in [2.45, 2.75) is 19.3 Å². The Hall–Kier alpha value is -2.28. The van der Waals surface area contributed by atoms with Gasteiger partial charge in [-0.2, -0.15) is 4.98 Å². The number of hydrogen-bond donors (Lipinski definition) is 1. The molecule has 2 aromatic rings. The summed E-state index contributed by atoms with van der Waals surface area (Å²) in [6.07, 6.45) is 2.99. The molecule has 1 aromatic carbocycles. The van der Waals surface area contributed by atoms with Crippen molar-refractivity contribution in [2.24, 2.45) is 5.92 Å². The highest BCUT2D eigenvalue weighted by Crippen LogP contribution is 2.27. The summed E-state index contributed by atoms with van der Waals surface area (Å²) in [6.45, 7) is 2.00. The number of hydrogen-bond acceptors (Lipinski definition) is 6. The van der Waals surface area contributed by atoms with Gasteiger partial charge in [0.25, 0.3) is 5.69 Å². The minimum atomic E-state index is -0.434. The predicted molar refractivity (Wildman–Crippen MR) is 75.7 cm³/mol. The van der Waals surface area contributed by atoms with Gasteiger partial charge in [0.15, 0.2) is 0 Å². The summed E-state index contributed by atoms with van der Waals surface area (Å²) in [5.41, 5.74) is 0.378. The molecule has 21 heavy (non-hydrogen) atoms. The Labute approximate surface area is 121 Å². The topological polar surface area (TPSA) is 94.1 Å². The van der Waals surface area contributed by atoms with Crippen LogP contribution in [0, 0.1) is 16.0 Å². The number of piperidine rings is 1. The van der Waals surface area contributed by atoms with Crippen molar-refractivity contribution in [3.8, 4) is 11.4 Å². The minimum absolute atomic E-state index is 0.0100. The fraction of sp³-hybridized carbons (Fsp3) is 0.429. The van der Waals surface area contributed by atoms with Gasteiger partial charge in [-0.05, 0) is 37.9 Å². The van der Waals surface area contributed by atoms with Crippen molar-refractivity contribution in [3.05, 3.63) is 40.3 Å². The number of benzene rings is 1. The lowest BCUT2D eigenvalue weighted by atomic mass is 9.96. The van der Waals surface area contributed by atoms with Crippen molar-refractivity contribution in [3.63, 3.8) is 0 Å². The molecule has 2 heterocycles. The van der Waals surface area contributed by atoms with Crippen LogP contribution in [-0.4, -0.2) is 28.2 Å². The Kier molecular flexibility index (Phi) is 3.92. The molecule has 1 aromatic heterocycles. The maximum Gasteiger partial charge on any atom is 0.280 e. The van der Waals surface area contributed by atoms with Crippen molar-refractivity contribution >= 4 is 5.69 Å². The molecule has 1 atom stereocenters. The summed E-state index contributed by atoms with van der Waals surface area (Å²) < 4.78 is 5.25. The van der Waals surface area contributed by atoms with Crippen LogP contribution in [0.1, 0.15) is 18.7 Å². The first-order valence-corrected chi connectivity index (χ1v) is 7.01. The second-order valence-electron chi connectivity index (χ2n) is 5.20. The molecule has 1 aliphatic heterocycles. The van der Waals surface area contributed by atoms with E-state index in [1.165, 1.54) is 6.07 Å². The van der Waals surface area contributed by atoms with E-state index in [0.29, 0.717) is 23.8 Å². The summed E-state index contributed by atoms with van der Waals surface area (Å²) >= 11 is 0. The Morgan fingerprint density at radius 3 is 3.05 bits per heavy atom. The van der Waals surface area contributed by atoms with Gasteiger partial charge in [-0.15, -0.1) is 0 Å². The molecular formula is C14H16N4O3. The molecule has 0 saturated carbocycles. The van der Waals surface area contributed by atoms with E-state index in [1.807, 2.05) is 0 Å². The number of para-hydroxylation sites is 1. The lowest BCUT2D eigenvalue weighted by Crippen LogP contribution is -2.30. The molecule has 0 radical (unpaired) electrons. The summed E-state index contributed by atoms with van der Waals surface area (Å²) in [7, 11) is 0. The third-order valence-corrected chi connectivity index (χ3v) is 3.67. The van der Waals surface area contributed by atoms with Crippen molar-refractivity contribution in [1.29, 1.82) is 0 Å². The summed E-state index contributed by atoms with van der Waals surface area (Å²) in [6, 6.07) is 6.42. The minimum Gasteiger partial charge on any atom is -0.339 e. The SMILES string of the molecule is O=[N+]([O-])c1ccccc1-c1noc(CC2CCCNC2)n1. The Bertz CT molecular complexity index is 635. The van der Waals surface area contributed by atoms with Crippen molar-refractivity contribution in [1.82, 2.24) is 15.5 Å². The third kappa shape index (κ3) is 3.08. The lowest BCUT2D eigenvalue weighted by molar-refractivity contribution is -0.384. The molecule has 1 N–H and O–H groups in total. The van der Waals surface area contributed by atoms with Crippen LogP contribution in [0.2, 0.25) is 0 Å². The normalized spacial score (nSPS) is 18.6. The van der Waals surface area contributed by atoms with E-state index in [4.69, 9.17) is 4.52 Å². The van der Waals surface area contributed by atoms with E-state index in [-0.39, 0.29) is 11.5 Å². The van der Waals surface area contributed by atoms with Gasteiger partial charge in [0.05, 0.1) is 4.92 Å². The van der Waals surface area contributed by atoms with Crippen molar-refractivity contribution in [2.75, 3.05) is 13.1 Å². The molecule has 110 valence electrons. The summed E-state index contributed by atoms with van der Waals surface area (Å²) in [5.74, 6) is 1.30. The van der Waals surface area contributed by atoms with Crippen LogP contribution in [0.25, 0.3) is 11.4 Å². The largest absolute Gasteiger partial charge is 0.339 e. The van der Waals surface area contributed by atoms with Crippen LogP contribution in [-0.2, 0) is 6.42 Å². The standard InChI is InChI=1S/C14H16N4O3/c19-18(20)12-6-2-1-5-11(12)14-16-13(21-17-14)8-10-4-3-7-15-9-10/h1-2,5-6,10,15H,3-4,7-9H2. The van der Waals surface area contributed by atoms with E-state index in [2.05, 4.69) is 15.5 Å². The van der Waals surface area contributed by atoms with Crippen LogP contribution < -0.4 is 5.32 Å². The highest BCUT2D eigenvalue weighted by atomic mass is 16.6. The fourth-order valence-corrected chi connectivity index (χ4v) is 2.61. The zero-order valence-corrected chi connectivity index (χ0v) is 11.5. The highest BCUT2D eigenvalue weighted by Gasteiger charge is 2.21. The molecule has 3 rings (SSSR count). The second kappa shape index (κ2) is 6.01. The van der Waals surface area contributed by atoms with E-state index in [9.17, 15) is 10.1 Å². The van der Waals surface area contributed by atoms with Gasteiger partial charge in [0.2, 0.25) is 11.7 Å². The number of nitrogens with zero attached hydrogens (tertiary/aromatic N) is 3. The average molecular weight is 288 g/mol. The Morgan fingerprint density at radius 2 is 2.29 bits per heavy atom. The lowest BCUT2D eigenvalue weighted by Gasteiger charge is -2.20. The zero-order valence-electron chi connectivity index (χ0n) is 11.5. The smallest absolute Gasteiger partial charge is 0.280 e. The maximum absolute atomic E-state index is 11.0. The molecule has 7 nitrogen and oxygen atoms in total. The molecule has 0 aliphatic carbocycles. The molecule has 1 aliphatic rings. The van der Waals surface area contributed by atoms with Crippen LogP contribution >= 0.6 is 0 Å². The van der Waals surface area contributed by atoms with E-state index < -0.39 is 4.92 Å². The molecule has 7 heteroatoms. The quantitative estimate of drug-likeness (QED) is 0.684. The van der Waals surface area contributed by atoms with Gasteiger partial charge < -0.3 is 9.84 Å². The second-order valence-corrected chi connectivity index (χ2v) is 5.20. The van der Waals surface area contributed by atoms with Gasteiger partial charge in [-0.25, -0.2) is 0 Å². The van der Waals surface area contributed by atoms with Crippen LogP contribution in [0.3, 0.4) is 0 Å². The van der Waals surface area contributed by atoms with Gasteiger partial charge in [-0.1, -0.05) is 17.3 Å². The molecule has 1 unspecified atom stereocenters. The number of nitro benzene ring substituents is 1.